The van der Waals surface area contributed by atoms with Gasteiger partial charge in [-0.2, -0.15) is 0 Å². The molecule has 1 N–H and O–H groups in total. The van der Waals surface area contributed by atoms with Crippen LogP contribution in [-0.4, -0.2) is 13.1 Å². The molecule has 0 aromatic carbocycles. The zero-order valence-electron chi connectivity index (χ0n) is 8.47. The smallest absolute Gasteiger partial charge is 0.00462 e. The molecule has 12 heavy (non-hydrogen) atoms. The molecule has 0 spiro atoms. The molecule has 1 radical (unpaired) electrons. The van der Waals surface area contributed by atoms with E-state index >= 15 is 0 Å². The van der Waals surface area contributed by atoms with Crippen LogP contribution in [0.4, 0.5) is 0 Å². The van der Waals surface area contributed by atoms with Gasteiger partial charge in [-0.15, -0.1) is 0 Å². The molecule has 1 rings (SSSR count). The standard InChI is InChI=1S/C11H22N/c1-3-10(2)4-5-11-6-8-12-9-7-11/h5,10-12H,3-4,6-9H2,1-2H3. The molecule has 1 aliphatic heterocycles. The second-order valence-corrected chi connectivity index (χ2v) is 4.07. The van der Waals surface area contributed by atoms with Gasteiger partial charge in [0, 0.05) is 0 Å². The van der Waals surface area contributed by atoms with E-state index in [2.05, 4.69) is 25.6 Å². The molecule has 0 amide bonds. The van der Waals surface area contributed by atoms with E-state index in [1.54, 1.807) is 0 Å². The third kappa shape index (κ3) is 3.57. The SMILES string of the molecule is CCC(C)C[CH]C1CCNCC1. The average molecular weight is 168 g/mol. The highest BCUT2D eigenvalue weighted by Gasteiger charge is 2.13. The molecule has 0 aromatic rings. The van der Waals surface area contributed by atoms with Gasteiger partial charge < -0.3 is 5.32 Å². The lowest BCUT2D eigenvalue weighted by Crippen LogP contribution is -2.28. The molecule has 1 saturated heterocycles. The molecule has 1 heteroatoms. The van der Waals surface area contributed by atoms with Crippen LogP contribution in [-0.2, 0) is 0 Å². The lowest BCUT2D eigenvalue weighted by Gasteiger charge is -2.23. The van der Waals surface area contributed by atoms with Crippen LogP contribution < -0.4 is 5.32 Å². The first-order chi connectivity index (χ1) is 5.83. The van der Waals surface area contributed by atoms with Gasteiger partial charge in [0.15, 0.2) is 0 Å². The van der Waals surface area contributed by atoms with Gasteiger partial charge in [0.1, 0.15) is 0 Å². The molecule has 1 heterocycles. The third-order valence-corrected chi connectivity index (χ3v) is 2.95. The number of hydrogen-bond donors (Lipinski definition) is 1. The Labute approximate surface area is 76.9 Å². The minimum atomic E-state index is 0.889. The van der Waals surface area contributed by atoms with Gasteiger partial charge in [-0.05, 0) is 50.6 Å². The first-order valence-electron chi connectivity index (χ1n) is 5.37. The number of piperidine rings is 1. The Morgan fingerprint density at radius 2 is 2.08 bits per heavy atom. The molecule has 0 saturated carbocycles. The van der Waals surface area contributed by atoms with Gasteiger partial charge >= 0.3 is 0 Å². The predicted octanol–water partition coefficient (Wildman–Crippen LogP) is 2.63. The average Bonchev–Trinajstić information content (AvgIpc) is 2.16. The van der Waals surface area contributed by atoms with E-state index in [0.29, 0.717) is 0 Å². The Hall–Kier alpha value is -0.0400. The molecular weight excluding hydrogens is 146 g/mol. The van der Waals surface area contributed by atoms with Crippen molar-refractivity contribution in [3.63, 3.8) is 0 Å². The summed E-state index contributed by atoms with van der Waals surface area (Å²) in [6, 6.07) is 0. The topological polar surface area (TPSA) is 12.0 Å². The van der Waals surface area contributed by atoms with Gasteiger partial charge in [0.2, 0.25) is 0 Å². The highest BCUT2D eigenvalue weighted by Crippen LogP contribution is 2.20. The van der Waals surface area contributed by atoms with Crippen molar-refractivity contribution >= 4 is 0 Å². The van der Waals surface area contributed by atoms with Crippen molar-refractivity contribution < 1.29 is 0 Å². The molecule has 1 nitrogen and oxygen atoms in total. The minimum absolute atomic E-state index is 0.889. The summed E-state index contributed by atoms with van der Waals surface area (Å²) in [7, 11) is 0. The molecular formula is C11H22N. The van der Waals surface area contributed by atoms with E-state index in [1.807, 2.05) is 0 Å². The molecule has 1 atom stereocenters. The Morgan fingerprint density at radius 3 is 2.67 bits per heavy atom. The Morgan fingerprint density at radius 1 is 1.42 bits per heavy atom. The van der Waals surface area contributed by atoms with Crippen molar-refractivity contribution in [1.29, 1.82) is 0 Å². The van der Waals surface area contributed by atoms with Crippen molar-refractivity contribution in [2.24, 2.45) is 11.8 Å². The molecule has 71 valence electrons. The minimum Gasteiger partial charge on any atom is -0.317 e. The quantitative estimate of drug-likeness (QED) is 0.680. The Bertz CT molecular complexity index is 106. The van der Waals surface area contributed by atoms with Gasteiger partial charge in [0.05, 0.1) is 0 Å². The lowest BCUT2D eigenvalue weighted by molar-refractivity contribution is 0.389. The Balaban J connectivity index is 2.05. The van der Waals surface area contributed by atoms with Crippen LogP contribution in [0.3, 0.4) is 0 Å². The van der Waals surface area contributed by atoms with Gasteiger partial charge in [-0.25, -0.2) is 0 Å². The fourth-order valence-corrected chi connectivity index (χ4v) is 1.67. The first-order valence-corrected chi connectivity index (χ1v) is 5.37. The fourth-order valence-electron chi connectivity index (χ4n) is 1.67. The highest BCUT2D eigenvalue weighted by molar-refractivity contribution is 4.81. The third-order valence-electron chi connectivity index (χ3n) is 2.95. The van der Waals surface area contributed by atoms with E-state index in [0.717, 1.165) is 11.8 Å². The van der Waals surface area contributed by atoms with E-state index in [4.69, 9.17) is 0 Å². The van der Waals surface area contributed by atoms with Gasteiger partial charge in [0.25, 0.3) is 0 Å². The van der Waals surface area contributed by atoms with Crippen LogP contribution in [0.25, 0.3) is 0 Å². The normalized spacial score (nSPS) is 22.5. The van der Waals surface area contributed by atoms with Gasteiger partial charge in [-0.3, -0.25) is 0 Å². The molecule has 0 aromatic heterocycles. The van der Waals surface area contributed by atoms with Crippen molar-refractivity contribution in [2.45, 2.75) is 39.5 Å². The van der Waals surface area contributed by atoms with Crippen LogP contribution in [0.5, 0.6) is 0 Å². The summed E-state index contributed by atoms with van der Waals surface area (Å²) in [5.41, 5.74) is 0. The summed E-state index contributed by atoms with van der Waals surface area (Å²) in [4.78, 5) is 0. The van der Waals surface area contributed by atoms with E-state index in [9.17, 15) is 0 Å². The van der Waals surface area contributed by atoms with Crippen LogP contribution in [0, 0.1) is 18.3 Å². The van der Waals surface area contributed by atoms with Crippen molar-refractivity contribution in [3.05, 3.63) is 6.42 Å². The molecule has 0 bridgehead atoms. The molecule has 1 unspecified atom stereocenters. The van der Waals surface area contributed by atoms with Crippen molar-refractivity contribution in [3.8, 4) is 0 Å². The van der Waals surface area contributed by atoms with Crippen LogP contribution in [0.1, 0.15) is 39.5 Å². The molecule has 1 fully saturated rings. The Kier molecular flexibility index (Phi) is 4.67. The maximum Gasteiger partial charge on any atom is -0.00462 e. The highest BCUT2D eigenvalue weighted by atomic mass is 14.9. The summed E-state index contributed by atoms with van der Waals surface area (Å²) in [6.07, 6.45) is 7.91. The van der Waals surface area contributed by atoms with Crippen LogP contribution >= 0.6 is 0 Å². The summed E-state index contributed by atoms with van der Waals surface area (Å²) in [5.74, 6) is 1.79. The van der Waals surface area contributed by atoms with E-state index in [-0.39, 0.29) is 0 Å². The molecule has 1 aliphatic rings. The fraction of sp³-hybridized carbons (Fsp3) is 0.909. The van der Waals surface area contributed by atoms with Gasteiger partial charge in [-0.1, -0.05) is 20.3 Å². The summed E-state index contributed by atoms with van der Waals surface area (Å²) >= 11 is 0. The lowest BCUT2D eigenvalue weighted by atomic mass is 9.89. The zero-order valence-corrected chi connectivity index (χ0v) is 8.47. The second kappa shape index (κ2) is 5.58. The molecule has 0 aliphatic carbocycles. The van der Waals surface area contributed by atoms with E-state index in [1.165, 1.54) is 38.8 Å². The first kappa shape index (κ1) is 10.0. The number of nitrogens with one attached hydrogen (secondary N) is 1. The van der Waals surface area contributed by atoms with Crippen LogP contribution in [0.15, 0.2) is 0 Å². The van der Waals surface area contributed by atoms with Crippen LogP contribution in [0.2, 0.25) is 0 Å². The van der Waals surface area contributed by atoms with Crippen molar-refractivity contribution in [2.75, 3.05) is 13.1 Å². The van der Waals surface area contributed by atoms with E-state index < -0.39 is 0 Å². The second-order valence-electron chi connectivity index (χ2n) is 4.07. The number of rotatable bonds is 4. The zero-order chi connectivity index (χ0) is 8.81. The summed E-state index contributed by atoms with van der Waals surface area (Å²) in [6.45, 7) is 7.07. The monoisotopic (exact) mass is 168 g/mol. The predicted molar refractivity (Wildman–Crippen MR) is 54.0 cm³/mol. The maximum absolute atomic E-state index is 3.40. The summed E-state index contributed by atoms with van der Waals surface area (Å²) < 4.78 is 0. The largest absolute Gasteiger partial charge is 0.317 e. The van der Waals surface area contributed by atoms with Crippen molar-refractivity contribution in [1.82, 2.24) is 5.32 Å². The maximum atomic E-state index is 3.40. The number of hydrogen-bond acceptors (Lipinski definition) is 1. The summed E-state index contributed by atoms with van der Waals surface area (Å²) in [5, 5.41) is 3.40.